The Morgan fingerprint density at radius 3 is 2.45 bits per heavy atom. The third kappa shape index (κ3) is 3.28. The average Bonchev–Trinajstić information content (AvgIpc) is 2.50. The quantitative estimate of drug-likeness (QED) is 0.878. The molecule has 0 spiro atoms. The molecule has 0 radical (unpaired) electrons. The van der Waals surface area contributed by atoms with Gasteiger partial charge in [-0.3, -0.25) is 4.21 Å². The Labute approximate surface area is 124 Å². The van der Waals surface area contributed by atoms with E-state index in [2.05, 4.69) is 50.4 Å². The van der Waals surface area contributed by atoms with E-state index in [1.165, 1.54) is 5.39 Å². The lowest BCUT2D eigenvalue weighted by atomic mass is 10.1. The Hall–Kier alpha value is -1.19. The Morgan fingerprint density at radius 1 is 1.10 bits per heavy atom. The first-order chi connectivity index (χ1) is 9.67. The molecule has 0 heterocycles. The van der Waals surface area contributed by atoms with Gasteiger partial charge in [0, 0.05) is 10.9 Å². The highest BCUT2D eigenvalue weighted by molar-refractivity contribution is 7.85. The molecule has 1 N–H and O–H groups in total. The van der Waals surface area contributed by atoms with Crippen LogP contribution in [0, 0.1) is 0 Å². The van der Waals surface area contributed by atoms with Crippen molar-refractivity contribution in [1.29, 1.82) is 0 Å². The predicted molar refractivity (Wildman–Crippen MR) is 87.6 cm³/mol. The van der Waals surface area contributed by atoms with Crippen LogP contribution < -0.4 is 5.32 Å². The van der Waals surface area contributed by atoms with E-state index in [1.807, 2.05) is 18.2 Å². The summed E-state index contributed by atoms with van der Waals surface area (Å²) < 4.78 is 12.7. The van der Waals surface area contributed by atoms with Crippen LogP contribution in [0.25, 0.3) is 10.8 Å². The van der Waals surface area contributed by atoms with Crippen molar-refractivity contribution in [2.24, 2.45) is 0 Å². The monoisotopic (exact) mass is 289 g/mol. The van der Waals surface area contributed by atoms with Crippen molar-refractivity contribution < 1.29 is 4.21 Å². The third-order valence-corrected chi connectivity index (χ3v) is 5.49. The van der Waals surface area contributed by atoms with E-state index in [0.29, 0.717) is 6.04 Å². The Balaban J connectivity index is 2.26. The fraction of sp³-hybridized carbons (Fsp3) is 0.412. The second kappa shape index (κ2) is 7.00. The topological polar surface area (TPSA) is 29.1 Å². The van der Waals surface area contributed by atoms with Crippen molar-refractivity contribution in [2.45, 2.75) is 43.4 Å². The van der Waals surface area contributed by atoms with Gasteiger partial charge in [0.05, 0.1) is 16.0 Å². The highest BCUT2D eigenvalue weighted by Gasteiger charge is 2.21. The van der Waals surface area contributed by atoms with Gasteiger partial charge in [-0.2, -0.15) is 0 Å². The van der Waals surface area contributed by atoms with Crippen LogP contribution in [0.15, 0.2) is 47.4 Å². The summed E-state index contributed by atoms with van der Waals surface area (Å²) in [6.07, 6.45) is 0.994. The van der Waals surface area contributed by atoms with Crippen molar-refractivity contribution >= 4 is 21.6 Å². The van der Waals surface area contributed by atoms with E-state index < -0.39 is 10.8 Å². The molecule has 2 aromatic rings. The van der Waals surface area contributed by atoms with Gasteiger partial charge in [0.15, 0.2) is 0 Å². The lowest BCUT2D eigenvalue weighted by Crippen LogP contribution is -2.39. The molecule has 2 aromatic carbocycles. The summed E-state index contributed by atoms with van der Waals surface area (Å²) in [7, 11) is -0.978. The van der Waals surface area contributed by atoms with Gasteiger partial charge in [0.25, 0.3) is 0 Å². The minimum absolute atomic E-state index is 0.112. The first-order valence-corrected chi connectivity index (χ1v) is 8.51. The minimum Gasteiger partial charge on any atom is -0.313 e. The molecule has 20 heavy (non-hydrogen) atoms. The number of rotatable bonds is 6. The van der Waals surface area contributed by atoms with E-state index in [0.717, 1.165) is 23.2 Å². The molecule has 2 rings (SSSR count). The van der Waals surface area contributed by atoms with E-state index in [9.17, 15) is 4.21 Å². The molecule has 0 aliphatic heterocycles. The molecule has 0 saturated heterocycles. The normalized spacial score (nSPS) is 15.9. The summed E-state index contributed by atoms with van der Waals surface area (Å²) in [6.45, 7) is 7.22. The van der Waals surface area contributed by atoms with Crippen molar-refractivity contribution in [3.8, 4) is 0 Å². The standard InChI is InChI=1S/C17H23NOS/c1-4-17(18-5-2)13(3)20(19)16-11-10-14-8-6-7-9-15(14)12-16/h6-13,17-18H,4-5H2,1-3H3. The Morgan fingerprint density at radius 2 is 1.80 bits per heavy atom. The fourth-order valence-corrected chi connectivity index (χ4v) is 4.02. The van der Waals surface area contributed by atoms with Gasteiger partial charge < -0.3 is 5.32 Å². The van der Waals surface area contributed by atoms with Crippen LogP contribution >= 0.6 is 0 Å². The lowest BCUT2D eigenvalue weighted by Gasteiger charge is -2.23. The highest BCUT2D eigenvalue weighted by Crippen LogP contribution is 2.21. The van der Waals surface area contributed by atoms with E-state index in [-0.39, 0.29) is 5.25 Å². The molecule has 0 amide bonds. The van der Waals surface area contributed by atoms with Crippen LogP contribution in [0.1, 0.15) is 27.2 Å². The lowest BCUT2D eigenvalue weighted by molar-refractivity contribution is 0.500. The minimum atomic E-state index is -0.978. The largest absolute Gasteiger partial charge is 0.313 e. The van der Waals surface area contributed by atoms with Crippen LogP contribution in [0.2, 0.25) is 0 Å². The van der Waals surface area contributed by atoms with E-state index in [1.54, 1.807) is 0 Å². The molecule has 3 atom stereocenters. The molecule has 2 nitrogen and oxygen atoms in total. The van der Waals surface area contributed by atoms with Crippen molar-refractivity contribution in [3.05, 3.63) is 42.5 Å². The average molecular weight is 289 g/mol. The summed E-state index contributed by atoms with van der Waals surface area (Å²) in [5.74, 6) is 0. The summed E-state index contributed by atoms with van der Waals surface area (Å²) in [4.78, 5) is 0.924. The number of hydrogen-bond donors (Lipinski definition) is 1. The molecular weight excluding hydrogens is 266 g/mol. The summed E-state index contributed by atoms with van der Waals surface area (Å²) in [5.41, 5.74) is 0. The molecule has 0 aliphatic carbocycles. The number of benzene rings is 2. The molecule has 0 aliphatic rings. The highest BCUT2D eigenvalue weighted by atomic mass is 32.2. The van der Waals surface area contributed by atoms with Crippen LogP contribution in [0.5, 0.6) is 0 Å². The van der Waals surface area contributed by atoms with Crippen molar-refractivity contribution in [2.75, 3.05) is 6.54 Å². The van der Waals surface area contributed by atoms with Crippen LogP contribution in [-0.4, -0.2) is 22.0 Å². The van der Waals surface area contributed by atoms with Crippen molar-refractivity contribution in [1.82, 2.24) is 5.32 Å². The molecule has 0 fully saturated rings. The van der Waals surface area contributed by atoms with Crippen molar-refractivity contribution in [3.63, 3.8) is 0 Å². The SMILES string of the molecule is CCNC(CC)C(C)S(=O)c1ccc2ccccc2c1. The van der Waals surface area contributed by atoms with Gasteiger partial charge >= 0.3 is 0 Å². The first-order valence-electron chi connectivity index (χ1n) is 7.30. The van der Waals surface area contributed by atoms with Crippen LogP contribution in [-0.2, 0) is 10.8 Å². The van der Waals surface area contributed by atoms with E-state index in [4.69, 9.17) is 0 Å². The van der Waals surface area contributed by atoms with Gasteiger partial charge in [0.1, 0.15) is 0 Å². The number of hydrogen-bond acceptors (Lipinski definition) is 2. The van der Waals surface area contributed by atoms with Gasteiger partial charge in [0.2, 0.25) is 0 Å². The van der Waals surface area contributed by atoms with Gasteiger partial charge in [-0.15, -0.1) is 0 Å². The summed E-state index contributed by atoms with van der Waals surface area (Å²) in [6, 6.07) is 14.6. The predicted octanol–water partition coefficient (Wildman–Crippen LogP) is 3.72. The van der Waals surface area contributed by atoms with E-state index >= 15 is 0 Å². The summed E-state index contributed by atoms with van der Waals surface area (Å²) >= 11 is 0. The van der Waals surface area contributed by atoms with Crippen LogP contribution in [0.4, 0.5) is 0 Å². The molecule has 0 saturated carbocycles. The Kier molecular flexibility index (Phi) is 5.32. The third-order valence-electron chi connectivity index (χ3n) is 3.76. The molecule has 3 heteroatoms. The second-order valence-electron chi connectivity index (χ2n) is 5.08. The number of nitrogens with one attached hydrogen (secondary N) is 1. The zero-order chi connectivity index (χ0) is 14.5. The zero-order valence-electron chi connectivity index (χ0n) is 12.4. The smallest absolute Gasteiger partial charge is 0.0574 e. The first kappa shape index (κ1) is 15.2. The van der Waals surface area contributed by atoms with Gasteiger partial charge in [-0.05, 0) is 42.8 Å². The molecule has 0 aromatic heterocycles. The van der Waals surface area contributed by atoms with Crippen LogP contribution in [0.3, 0.4) is 0 Å². The molecule has 0 bridgehead atoms. The maximum atomic E-state index is 12.7. The summed E-state index contributed by atoms with van der Waals surface area (Å²) in [5, 5.41) is 5.89. The Bertz CT molecular complexity index is 596. The number of fused-ring (bicyclic) bond motifs is 1. The molecule has 108 valence electrons. The fourth-order valence-electron chi connectivity index (χ4n) is 2.56. The zero-order valence-corrected chi connectivity index (χ0v) is 13.2. The maximum Gasteiger partial charge on any atom is 0.0574 e. The van der Waals surface area contributed by atoms with Gasteiger partial charge in [-0.25, -0.2) is 0 Å². The second-order valence-corrected chi connectivity index (χ2v) is 6.89. The maximum absolute atomic E-state index is 12.7. The van der Waals surface area contributed by atoms with Gasteiger partial charge in [-0.1, -0.05) is 44.2 Å². The molecular formula is C17H23NOS. The molecule has 3 unspecified atom stereocenters.